The van der Waals surface area contributed by atoms with Gasteiger partial charge in [-0.25, -0.2) is 0 Å². The minimum Gasteiger partial charge on any atom is -0.462 e. The molecule has 0 heterocycles. The minimum absolute atomic E-state index is 0.0570. The Bertz CT molecular complexity index is 486. The maximum atomic E-state index is 11.8. The largest absolute Gasteiger partial charge is 0.462 e. The Morgan fingerprint density at radius 3 is 2.57 bits per heavy atom. The van der Waals surface area contributed by atoms with Crippen LogP contribution in [-0.4, -0.2) is 12.1 Å². The molecule has 0 spiro atoms. The first-order chi connectivity index (χ1) is 10.9. The molecule has 0 aromatic carbocycles. The standard InChI is InChI=1S/C21H34O2/c1-14(22)23-18-13-15-7-4-5-11-21(15,3)17-9-12-20(2)10-6-8-16(20)19(17)18/h15-19H,4-13H2,1-3H3/t15-,16+,17-,18-,19-,20+,21+/m1/s1. The summed E-state index contributed by atoms with van der Waals surface area (Å²) >= 11 is 0. The van der Waals surface area contributed by atoms with Gasteiger partial charge < -0.3 is 4.74 Å². The molecule has 7 atom stereocenters. The van der Waals surface area contributed by atoms with Gasteiger partial charge in [-0.2, -0.15) is 0 Å². The molecule has 4 fully saturated rings. The maximum Gasteiger partial charge on any atom is 0.302 e. The zero-order valence-corrected chi connectivity index (χ0v) is 15.3. The van der Waals surface area contributed by atoms with Gasteiger partial charge >= 0.3 is 5.97 Å². The number of esters is 1. The number of carbonyl (C=O) groups is 1. The highest BCUT2D eigenvalue weighted by Gasteiger charge is 2.60. The van der Waals surface area contributed by atoms with E-state index in [-0.39, 0.29) is 12.1 Å². The molecule has 4 saturated carbocycles. The van der Waals surface area contributed by atoms with Crippen LogP contribution in [0.15, 0.2) is 0 Å². The first-order valence-corrected chi connectivity index (χ1v) is 10.1. The molecule has 0 aromatic rings. The van der Waals surface area contributed by atoms with Crippen LogP contribution in [0.3, 0.4) is 0 Å². The Morgan fingerprint density at radius 2 is 1.78 bits per heavy atom. The molecule has 0 N–H and O–H groups in total. The number of hydrogen-bond donors (Lipinski definition) is 0. The Kier molecular flexibility index (Phi) is 3.81. The summed E-state index contributed by atoms with van der Waals surface area (Å²) in [6.07, 6.45) is 13.9. The number of fused-ring (bicyclic) bond motifs is 5. The number of rotatable bonds is 1. The van der Waals surface area contributed by atoms with E-state index < -0.39 is 0 Å². The monoisotopic (exact) mass is 318 g/mol. The molecule has 4 aliphatic rings. The van der Waals surface area contributed by atoms with Crippen LogP contribution in [0.4, 0.5) is 0 Å². The summed E-state index contributed by atoms with van der Waals surface area (Å²) in [7, 11) is 0. The number of hydrogen-bond acceptors (Lipinski definition) is 2. The van der Waals surface area contributed by atoms with Crippen molar-refractivity contribution in [2.75, 3.05) is 0 Å². The van der Waals surface area contributed by atoms with Crippen molar-refractivity contribution < 1.29 is 9.53 Å². The predicted octanol–water partition coefficient (Wildman–Crippen LogP) is 5.35. The van der Waals surface area contributed by atoms with E-state index in [1.807, 2.05) is 0 Å². The van der Waals surface area contributed by atoms with Gasteiger partial charge in [-0.15, -0.1) is 0 Å². The summed E-state index contributed by atoms with van der Waals surface area (Å²) in [6.45, 7) is 6.73. The molecule has 130 valence electrons. The maximum absolute atomic E-state index is 11.8. The van der Waals surface area contributed by atoms with E-state index in [1.165, 1.54) is 57.8 Å². The van der Waals surface area contributed by atoms with Gasteiger partial charge in [0, 0.05) is 12.8 Å². The van der Waals surface area contributed by atoms with E-state index in [0.717, 1.165) is 24.2 Å². The molecule has 4 rings (SSSR count). The fourth-order valence-electron chi connectivity index (χ4n) is 7.56. The first kappa shape index (κ1) is 16.0. The second kappa shape index (κ2) is 5.49. The summed E-state index contributed by atoms with van der Waals surface area (Å²) in [5.41, 5.74) is 1.04. The first-order valence-electron chi connectivity index (χ1n) is 10.1. The van der Waals surface area contributed by atoms with Crippen molar-refractivity contribution in [1.29, 1.82) is 0 Å². The van der Waals surface area contributed by atoms with Crippen LogP contribution in [-0.2, 0) is 9.53 Å². The fourth-order valence-corrected chi connectivity index (χ4v) is 7.56. The summed E-state index contributed by atoms with van der Waals surface area (Å²) in [5, 5.41) is 0. The molecule has 0 amide bonds. The smallest absolute Gasteiger partial charge is 0.302 e. The van der Waals surface area contributed by atoms with E-state index >= 15 is 0 Å². The Balaban J connectivity index is 1.70. The Hall–Kier alpha value is -0.530. The van der Waals surface area contributed by atoms with Gasteiger partial charge in [-0.3, -0.25) is 4.79 Å². The van der Waals surface area contributed by atoms with Crippen molar-refractivity contribution in [2.45, 2.75) is 91.1 Å². The number of ether oxygens (including phenoxy) is 1. The third-order valence-electron chi connectivity index (χ3n) is 8.68. The molecule has 0 aromatic heterocycles. The molecular weight excluding hydrogens is 284 g/mol. The summed E-state index contributed by atoms with van der Waals surface area (Å²) in [6, 6.07) is 0. The van der Waals surface area contributed by atoms with Crippen LogP contribution < -0.4 is 0 Å². The van der Waals surface area contributed by atoms with Gasteiger partial charge in [-0.05, 0) is 73.5 Å². The topological polar surface area (TPSA) is 26.3 Å². The van der Waals surface area contributed by atoms with Crippen molar-refractivity contribution in [3.8, 4) is 0 Å². The molecule has 2 heteroatoms. The third-order valence-corrected chi connectivity index (χ3v) is 8.68. The quantitative estimate of drug-likeness (QED) is 0.609. The summed E-state index contributed by atoms with van der Waals surface area (Å²) < 4.78 is 5.97. The summed E-state index contributed by atoms with van der Waals surface area (Å²) in [5.74, 6) is 2.96. The average Bonchev–Trinajstić information content (AvgIpc) is 2.88. The van der Waals surface area contributed by atoms with E-state index in [4.69, 9.17) is 4.74 Å². The van der Waals surface area contributed by atoms with Crippen LogP contribution in [0.2, 0.25) is 0 Å². The lowest BCUT2D eigenvalue weighted by molar-refractivity contribution is -0.185. The van der Waals surface area contributed by atoms with Crippen LogP contribution >= 0.6 is 0 Å². The van der Waals surface area contributed by atoms with Crippen molar-refractivity contribution in [3.05, 3.63) is 0 Å². The highest BCUT2D eigenvalue weighted by Crippen LogP contribution is 2.66. The zero-order valence-electron chi connectivity index (χ0n) is 15.3. The second-order valence-corrected chi connectivity index (χ2v) is 9.71. The molecule has 4 aliphatic carbocycles. The normalized spacial score (nSPS) is 52.2. The van der Waals surface area contributed by atoms with Gasteiger partial charge in [0.2, 0.25) is 0 Å². The highest BCUT2D eigenvalue weighted by atomic mass is 16.5. The van der Waals surface area contributed by atoms with E-state index in [1.54, 1.807) is 6.92 Å². The SMILES string of the molecule is CC(=O)O[C@@H]1C[C@H]2CCCC[C@]2(C)[C@@H]2CC[C@]3(C)CCC[C@H]3[C@H]21. The number of carbonyl (C=O) groups excluding carboxylic acids is 1. The fraction of sp³-hybridized carbons (Fsp3) is 0.952. The minimum atomic E-state index is -0.0570. The van der Waals surface area contributed by atoms with Crippen LogP contribution in [0, 0.1) is 34.5 Å². The molecule has 2 nitrogen and oxygen atoms in total. The molecule has 23 heavy (non-hydrogen) atoms. The Morgan fingerprint density at radius 1 is 0.957 bits per heavy atom. The zero-order chi connectivity index (χ0) is 16.2. The van der Waals surface area contributed by atoms with Crippen LogP contribution in [0.1, 0.15) is 85.0 Å². The van der Waals surface area contributed by atoms with Gasteiger partial charge in [0.05, 0.1) is 0 Å². The predicted molar refractivity (Wildman–Crippen MR) is 91.9 cm³/mol. The second-order valence-electron chi connectivity index (χ2n) is 9.71. The van der Waals surface area contributed by atoms with Crippen LogP contribution in [0.5, 0.6) is 0 Å². The van der Waals surface area contributed by atoms with Crippen LogP contribution in [0.25, 0.3) is 0 Å². The lowest BCUT2D eigenvalue weighted by Crippen LogP contribution is -2.57. The van der Waals surface area contributed by atoms with Crippen molar-refractivity contribution in [3.63, 3.8) is 0 Å². The highest BCUT2D eigenvalue weighted by molar-refractivity contribution is 5.66. The molecule has 0 saturated heterocycles. The van der Waals surface area contributed by atoms with Gasteiger partial charge in [-0.1, -0.05) is 33.1 Å². The van der Waals surface area contributed by atoms with E-state index in [9.17, 15) is 4.79 Å². The van der Waals surface area contributed by atoms with Crippen molar-refractivity contribution in [2.24, 2.45) is 34.5 Å². The average molecular weight is 319 g/mol. The lowest BCUT2D eigenvalue weighted by atomic mass is 9.44. The van der Waals surface area contributed by atoms with E-state index in [2.05, 4.69) is 13.8 Å². The summed E-state index contributed by atoms with van der Waals surface area (Å²) in [4.78, 5) is 11.8. The van der Waals surface area contributed by atoms with Gasteiger partial charge in [0.25, 0.3) is 0 Å². The third kappa shape index (κ3) is 2.38. The van der Waals surface area contributed by atoms with Gasteiger partial charge in [0.1, 0.15) is 6.10 Å². The van der Waals surface area contributed by atoms with Crippen molar-refractivity contribution >= 4 is 5.97 Å². The van der Waals surface area contributed by atoms with Gasteiger partial charge in [0.15, 0.2) is 0 Å². The molecular formula is C21H34O2. The van der Waals surface area contributed by atoms with E-state index in [0.29, 0.717) is 16.7 Å². The molecule has 0 bridgehead atoms. The molecule has 0 radical (unpaired) electrons. The van der Waals surface area contributed by atoms with Crippen molar-refractivity contribution in [1.82, 2.24) is 0 Å². The Labute approximate surface area is 141 Å². The lowest BCUT2D eigenvalue weighted by Gasteiger charge is -2.61. The molecule has 0 unspecified atom stereocenters. The molecule has 0 aliphatic heterocycles.